The zero-order chi connectivity index (χ0) is 32.0. The van der Waals surface area contributed by atoms with Crippen LogP contribution < -0.4 is 0 Å². The van der Waals surface area contributed by atoms with E-state index >= 15 is 0 Å². The van der Waals surface area contributed by atoms with E-state index in [1.807, 2.05) is 36.4 Å². The monoisotopic (exact) mass is 618 g/mol. The highest BCUT2D eigenvalue weighted by Gasteiger charge is 2.23. The average Bonchev–Trinajstić information content (AvgIpc) is 3.51. The molecule has 0 aliphatic heterocycles. The third-order valence-corrected chi connectivity index (χ3v) is 9.97. The normalized spacial score (nSPS) is 13.2. The molecule has 3 heteroatoms. The molecule has 0 unspecified atom stereocenters. The van der Waals surface area contributed by atoms with Gasteiger partial charge in [0.1, 0.15) is 11.2 Å². The molecular weight excluding hydrogens is 585 g/mol. The lowest BCUT2D eigenvalue weighted by Crippen LogP contribution is -2.10. The van der Waals surface area contributed by atoms with Gasteiger partial charge < -0.3 is 4.42 Å². The Balaban J connectivity index is 1.12. The number of fused-ring (bicyclic) bond motifs is 3. The predicted octanol–water partition coefficient (Wildman–Crippen LogP) is 12.3. The zero-order valence-electron chi connectivity index (χ0n) is 26.9. The lowest BCUT2D eigenvalue weighted by Gasteiger charge is -2.28. The highest BCUT2D eigenvalue weighted by Crippen LogP contribution is 2.42. The Labute approximate surface area is 280 Å². The standard InChI is InChI=1S/C45H34N2O/c1-29-27-34(25-26-35(29)38-16-6-5-15-36(38)30-13-9-14-30)41-28-40(46-45(47-41)33-11-3-2-4-12-33)32-23-21-31(22-24-32)37-18-10-20-43-44(37)39-17-7-8-19-42(39)48-43/h2-8,10-12,15-28,30H,9,13-14H2,1H3. The van der Waals surface area contributed by atoms with Gasteiger partial charge in [-0.3, -0.25) is 0 Å². The molecule has 1 saturated carbocycles. The summed E-state index contributed by atoms with van der Waals surface area (Å²) in [6, 6.07) is 51.4. The number of hydrogen-bond acceptors (Lipinski definition) is 3. The molecule has 1 fully saturated rings. The third kappa shape index (κ3) is 5.00. The van der Waals surface area contributed by atoms with Gasteiger partial charge in [-0.15, -0.1) is 0 Å². The van der Waals surface area contributed by atoms with E-state index in [2.05, 4.69) is 116 Å². The molecule has 2 heterocycles. The van der Waals surface area contributed by atoms with Gasteiger partial charge >= 0.3 is 0 Å². The molecule has 1 aliphatic rings. The molecule has 0 radical (unpaired) electrons. The van der Waals surface area contributed by atoms with Crippen LogP contribution in [0, 0.1) is 6.92 Å². The molecule has 0 atom stereocenters. The number of nitrogens with zero attached hydrogens (tertiary/aromatic N) is 2. The van der Waals surface area contributed by atoms with E-state index in [0.717, 1.165) is 67.0 Å². The lowest BCUT2D eigenvalue weighted by atomic mass is 9.77. The Morgan fingerprint density at radius 2 is 1.19 bits per heavy atom. The fourth-order valence-electron chi connectivity index (χ4n) is 7.24. The third-order valence-electron chi connectivity index (χ3n) is 9.97. The van der Waals surface area contributed by atoms with E-state index in [1.165, 1.54) is 41.5 Å². The first kappa shape index (κ1) is 28.4. The van der Waals surface area contributed by atoms with Crippen molar-refractivity contribution < 1.29 is 4.42 Å². The summed E-state index contributed by atoms with van der Waals surface area (Å²) < 4.78 is 6.17. The minimum Gasteiger partial charge on any atom is -0.456 e. The molecule has 6 aromatic carbocycles. The van der Waals surface area contributed by atoms with E-state index in [0.29, 0.717) is 5.92 Å². The van der Waals surface area contributed by atoms with Crippen LogP contribution in [0.4, 0.5) is 0 Å². The number of rotatable bonds is 6. The van der Waals surface area contributed by atoms with Crippen molar-refractivity contribution in [3.05, 3.63) is 157 Å². The van der Waals surface area contributed by atoms with Crippen LogP contribution in [0.3, 0.4) is 0 Å². The highest BCUT2D eigenvalue weighted by atomic mass is 16.3. The maximum atomic E-state index is 6.17. The Hall–Kier alpha value is -5.80. The van der Waals surface area contributed by atoms with Crippen LogP contribution in [0.25, 0.3) is 78.1 Å². The summed E-state index contributed by atoms with van der Waals surface area (Å²) in [6.45, 7) is 2.22. The predicted molar refractivity (Wildman–Crippen MR) is 198 cm³/mol. The number of benzene rings is 6. The van der Waals surface area contributed by atoms with Gasteiger partial charge in [-0.1, -0.05) is 128 Å². The number of furan rings is 1. The van der Waals surface area contributed by atoms with Crippen LogP contribution in [0.1, 0.15) is 36.3 Å². The minimum absolute atomic E-state index is 0.677. The van der Waals surface area contributed by atoms with E-state index < -0.39 is 0 Å². The summed E-state index contributed by atoms with van der Waals surface area (Å²) in [4.78, 5) is 10.2. The molecule has 0 spiro atoms. The molecule has 0 amide bonds. The fourth-order valence-corrected chi connectivity index (χ4v) is 7.24. The second kappa shape index (κ2) is 11.8. The SMILES string of the molecule is Cc1cc(-c2cc(-c3ccc(-c4cccc5oc6ccccc6c45)cc3)nc(-c3ccccc3)n2)ccc1-c1ccccc1C1CCC1. The van der Waals surface area contributed by atoms with Crippen molar-refractivity contribution in [2.24, 2.45) is 0 Å². The van der Waals surface area contributed by atoms with Crippen molar-refractivity contribution >= 4 is 21.9 Å². The second-order valence-electron chi connectivity index (χ2n) is 12.9. The van der Waals surface area contributed by atoms with Crippen LogP contribution in [0.2, 0.25) is 0 Å². The smallest absolute Gasteiger partial charge is 0.160 e. The highest BCUT2D eigenvalue weighted by molar-refractivity contribution is 6.12. The van der Waals surface area contributed by atoms with E-state index in [1.54, 1.807) is 0 Å². The molecular formula is C45H34N2O. The van der Waals surface area contributed by atoms with Gasteiger partial charge in [0.15, 0.2) is 5.82 Å². The Kier molecular flexibility index (Phi) is 6.97. The summed E-state index contributed by atoms with van der Waals surface area (Å²) in [5.74, 6) is 1.40. The fraction of sp³-hybridized carbons (Fsp3) is 0.111. The summed E-state index contributed by atoms with van der Waals surface area (Å²) in [6.07, 6.45) is 3.91. The van der Waals surface area contributed by atoms with Gasteiger partial charge in [0, 0.05) is 27.5 Å². The quantitative estimate of drug-likeness (QED) is 0.186. The largest absolute Gasteiger partial charge is 0.456 e. The van der Waals surface area contributed by atoms with Crippen molar-refractivity contribution in [2.75, 3.05) is 0 Å². The van der Waals surface area contributed by atoms with Crippen LogP contribution in [0.15, 0.2) is 150 Å². The Bertz CT molecular complexity index is 2440. The number of hydrogen-bond donors (Lipinski definition) is 0. The van der Waals surface area contributed by atoms with Crippen molar-refractivity contribution in [1.82, 2.24) is 9.97 Å². The summed E-state index contributed by atoms with van der Waals surface area (Å²) in [5, 5.41) is 2.28. The van der Waals surface area contributed by atoms with Crippen molar-refractivity contribution in [2.45, 2.75) is 32.1 Å². The Morgan fingerprint density at radius 1 is 0.521 bits per heavy atom. The molecule has 0 N–H and O–H groups in total. The first-order chi connectivity index (χ1) is 23.7. The first-order valence-electron chi connectivity index (χ1n) is 16.9. The van der Waals surface area contributed by atoms with E-state index in [9.17, 15) is 0 Å². The number of aromatic nitrogens is 2. The van der Waals surface area contributed by atoms with Gasteiger partial charge in [0.05, 0.1) is 11.4 Å². The summed E-state index contributed by atoms with van der Waals surface area (Å²) in [7, 11) is 0. The van der Waals surface area contributed by atoms with Gasteiger partial charge in [0.25, 0.3) is 0 Å². The van der Waals surface area contributed by atoms with E-state index in [-0.39, 0.29) is 0 Å². The molecule has 0 bridgehead atoms. The van der Waals surface area contributed by atoms with Crippen LogP contribution in [-0.4, -0.2) is 9.97 Å². The lowest BCUT2D eigenvalue weighted by molar-refractivity contribution is 0.420. The van der Waals surface area contributed by atoms with Gasteiger partial charge in [-0.05, 0) is 83.3 Å². The van der Waals surface area contributed by atoms with Crippen LogP contribution >= 0.6 is 0 Å². The molecule has 8 aromatic rings. The molecule has 0 saturated heterocycles. The molecule has 1 aliphatic carbocycles. The number of para-hydroxylation sites is 1. The maximum Gasteiger partial charge on any atom is 0.160 e. The van der Waals surface area contributed by atoms with Crippen molar-refractivity contribution in [1.29, 1.82) is 0 Å². The van der Waals surface area contributed by atoms with Crippen LogP contribution in [0.5, 0.6) is 0 Å². The molecule has 9 rings (SSSR count). The van der Waals surface area contributed by atoms with Crippen molar-refractivity contribution in [3.8, 4) is 56.2 Å². The van der Waals surface area contributed by atoms with E-state index in [4.69, 9.17) is 14.4 Å². The van der Waals surface area contributed by atoms with Gasteiger partial charge in [-0.2, -0.15) is 0 Å². The average molecular weight is 619 g/mol. The van der Waals surface area contributed by atoms with Crippen LogP contribution in [-0.2, 0) is 0 Å². The molecule has 2 aromatic heterocycles. The molecule has 3 nitrogen and oxygen atoms in total. The topological polar surface area (TPSA) is 38.9 Å². The summed E-state index contributed by atoms with van der Waals surface area (Å²) in [5.41, 5.74) is 14.5. The zero-order valence-corrected chi connectivity index (χ0v) is 26.9. The second-order valence-corrected chi connectivity index (χ2v) is 12.9. The summed E-state index contributed by atoms with van der Waals surface area (Å²) >= 11 is 0. The Morgan fingerprint density at radius 3 is 1.98 bits per heavy atom. The molecule has 230 valence electrons. The number of aryl methyl sites for hydroxylation is 1. The molecule has 48 heavy (non-hydrogen) atoms. The first-order valence-corrected chi connectivity index (χ1v) is 16.9. The maximum absolute atomic E-state index is 6.17. The van der Waals surface area contributed by atoms with Gasteiger partial charge in [0.2, 0.25) is 0 Å². The van der Waals surface area contributed by atoms with Gasteiger partial charge in [-0.25, -0.2) is 9.97 Å². The minimum atomic E-state index is 0.677. The van der Waals surface area contributed by atoms with Crippen molar-refractivity contribution in [3.63, 3.8) is 0 Å².